The monoisotopic (exact) mass is 433 g/mol. The predicted octanol–water partition coefficient (Wildman–Crippen LogP) is 1.88. The lowest BCUT2D eigenvalue weighted by Gasteiger charge is -2.40. The normalized spacial score (nSPS) is 24.8. The molecule has 1 aromatic heterocycles. The predicted molar refractivity (Wildman–Crippen MR) is 109 cm³/mol. The zero-order valence-electron chi connectivity index (χ0n) is 16.6. The van der Waals surface area contributed by atoms with Crippen molar-refractivity contribution in [2.45, 2.75) is 37.8 Å². The number of aromatic nitrogens is 1. The molecule has 3 heterocycles. The van der Waals surface area contributed by atoms with Gasteiger partial charge in [0, 0.05) is 43.8 Å². The number of hydrogen-bond donors (Lipinski definition) is 0. The summed E-state index contributed by atoms with van der Waals surface area (Å²) >= 11 is 5.97. The molecule has 1 unspecified atom stereocenters. The van der Waals surface area contributed by atoms with Crippen molar-refractivity contribution in [3.05, 3.63) is 33.8 Å². The first-order chi connectivity index (χ1) is 14.4. The molecule has 160 valence electrons. The molecule has 0 bridgehead atoms. The van der Waals surface area contributed by atoms with E-state index in [0.717, 1.165) is 25.8 Å². The summed E-state index contributed by atoms with van der Waals surface area (Å²) < 4.78 is 12.2. The fourth-order valence-corrected chi connectivity index (χ4v) is 4.74. The van der Waals surface area contributed by atoms with Crippen LogP contribution in [0.3, 0.4) is 0 Å². The summed E-state index contributed by atoms with van der Waals surface area (Å²) in [6.07, 6.45) is 3.33. The van der Waals surface area contributed by atoms with E-state index in [-0.39, 0.29) is 24.8 Å². The molecule has 0 N–H and O–H groups in total. The van der Waals surface area contributed by atoms with Crippen LogP contribution in [0.25, 0.3) is 11.1 Å². The highest BCUT2D eigenvalue weighted by Crippen LogP contribution is 2.37. The van der Waals surface area contributed by atoms with E-state index < -0.39 is 11.3 Å². The van der Waals surface area contributed by atoms with Crippen molar-refractivity contribution < 1.29 is 18.7 Å². The largest absolute Gasteiger partial charge is 0.420 e. The van der Waals surface area contributed by atoms with Gasteiger partial charge in [0.05, 0.1) is 17.7 Å². The average Bonchev–Trinajstić information content (AvgIpc) is 3.36. The SMILES string of the molecule is O=C(Cn1c(=O)oc2cc(Cl)ccc21)N1CCC(=O)N(CC2CC2)C2(CCOC2)C1. The summed E-state index contributed by atoms with van der Waals surface area (Å²) in [6.45, 7) is 2.42. The molecule has 8 nitrogen and oxygen atoms in total. The highest BCUT2D eigenvalue weighted by molar-refractivity contribution is 6.31. The van der Waals surface area contributed by atoms with Gasteiger partial charge in [0.15, 0.2) is 5.58 Å². The van der Waals surface area contributed by atoms with Gasteiger partial charge in [-0.05, 0) is 37.3 Å². The van der Waals surface area contributed by atoms with Crippen molar-refractivity contribution in [1.82, 2.24) is 14.4 Å². The van der Waals surface area contributed by atoms with Crippen LogP contribution < -0.4 is 5.76 Å². The molecule has 1 spiro atoms. The minimum atomic E-state index is -0.596. The van der Waals surface area contributed by atoms with Crippen LogP contribution in [0, 0.1) is 5.92 Å². The third-order valence-corrected chi connectivity index (χ3v) is 6.69. The Hall–Kier alpha value is -2.32. The Bertz CT molecular complexity index is 1050. The van der Waals surface area contributed by atoms with E-state index in [1.807, 2.05) is 4.90 Å². The maximum atomic E-state index is 13.2. The summed E-state index contributed by atoms with van der Waals surface area (Å²) in [5, 5.41) is 0.458. The van der Waals surface area contributed by atoms with E-state index in [0.29, 0.717) is 48.3 Å². The lowest BCUT2D eigenvalue weighted by Crippen LogP contribution is -2.57. The topological polar surface area (TPSA) is 85.0 Å². The molecular weight excluding hydrogens is 410 g/mol. The molecule has 3 aliphatic rings. The van der Waals surface area contributed by atoms with Gasteiger partial charge in [0.2, 0.25) is 11.8 Å². The van der Waals surface area contributed by atoms with Crippen LogP contribution in [0.2, 0.25) is 5.02 Å². The number of amides is 2. The Labute approximate surface area is 178 Å². The van der Waals surface area contributed by atoms with Crippen LogP contribution in [0.15, 0.2) is 27.4 Å². The number of carbonyl (C=O) groups is 2. The Morgan fingerprint density at radius 2 is 2.10 bits per heavy atom. The molecule has 2 saturated heterocycles. The maximum absolute atomic E-state index is 13.2. The van der Waals surface area contributed by atoms with Crippen molar-refractivity contribution in [1.29, 1.82) is 0 Å². The van der Waals surface area contributed by atoms with Crippen molar-refractivity contribution in [2.24, 2.45) is 5.92 Å². The van der Waals surface area contributed by atoms with Crippen molar-refractivity contribution >= 4 is 34.5 Å². The van der Waals surface area contributed by atoms with Crippen LogP contribution in [0.1, 0.15) is 25.7 Å². The van der Waals surface area contributed by atoms with Gasteiger partial charge in [-0.2, -0.15) is 0 Å². The summed E-state index contributed by atoms with van der Waals surface area (Å²) in [4.78, 5) is 42.1. The third kappa shape index (κ3) is 3.52. The summed E-state index contributed by atoms with van der Waals surface area (Å²) in [6, 6.07) is 4.89. The first-order valence-corrected chi connectivity index (χ1v) is 10.8. The molecule has 1 atom stereocenters. The van der Waals surface area contributed by atoms with Gasteiger partial charge in [0.1, 0.15) is 6.54 Å². The fraction of sp³-hybridized carbons (Fsp3) is 0.571. The molecule has 5 rings (SSSR count). The molecule has 0 radical (unpaired) electrons. The molecule has 3 fully saturated rings. The van der Waals surface area contributed by atoms with Gasteiger partial charge in [-0.15, -0.1) is 0 Å². The van der Waals surface area contributed by atoms with Gasteiger partial charge in [-0.1, -0.05) is 11.6 Å². The second kappa shape index (κ2) is 7.42. The Morgan fingerprint density at radius 3 is 2.83 bits per heavy atom. The second-order valence-corrected chi connectivity index (χ2v) is 9.04. The smallest absolute Gasteiger partial charge is 0.408 e. The molecule has 2 aliphatic heterocycles. The van der Waals surface area contributed by atoms with Crippen molar-refractivity contribution in [3.8, 4) is 0 Å². The number of oxazole rings is 1. The number of rotatable bonds is 4. The minimum Gasteiger partial charge on any atom is -0.408 e. The number of halogens is 1. The average molecular weight is 434 g/mol. The van der Waals surface area contributed by atoms with Crippen molar-refractivity contribution in [3.63, 3.8) is 0 Å². The number of fused-ring (bicyclic) bond motifs is 1. The number of ether oxygens (including phenoxy) is 1. The van der Waals surface area contributed by atoms with Crippen LogP contribution in [0.4, 0.5) is 0 Å². The van der Waals surface area contributed by atoms with E-state index in [1.165, 1.54) is 4.57 Å². The first kappa shape index (κ1) is 19.6. The minimum absolute atomic E-state index is 0.0864. The van der Waals surface area contributed by atoms with Crippen LogP contribution >= 0.6 is 11.6 Å². The molecule has 30 heavy (non-hydrogen) atoms. The molecule has 1 aromatic carbocycles. The number of hydrogen-bond acceptors (Lipinski definition) is 5. The summed E-state index contributed by atoms with van der Waals surface area (Å²) in [5.74, 6) is -0.150. The first-order valence-electron chi connectivity index (χ1n) is 10.4. The van der Waals surface area contributed by atoms with E-state index in [2.05, 4.69) is 0 Å². The molecule has 2 aromatic rings. The van der Waals surface area contributed by atoms with E-state index >= 15 is 0 Å². The van der Waals surface area contributed by atoms with Crippen molar-refractivity contribution in [2.75, 3.05) is 32.8 Å². The molecule has 1 aliphatic carbocycles. The van der Waals surface area contributed by atoms with Gasteiger partial charge in [-0.25, -0.2) is 4.79 Å². The second-order valence-electron chi connectivity index (χ2n) is 8.61. The molecule has 2 amide bonds. The van der Waals surface area contributed by atoms with Gasteiger partial charge in [-0.3, -0.25) is 14.2 Å². The van der Waals surface area contributed by atoms with E-state index in [4.69, 9.17) is 20.8 Å². The van der Waals surface area contributed by atoms with Gasteiger partial charge in [0.25, 0.3) is 0 Å². The zero-order valence-corrected chi connectivity index (χ0v) is 17.4. The van der Waals surface area contributed by atoms with Crippen LogP contribution in [-0.4, -0.2) is 64.6 Å². The number of benzene rings is 1. The highest BCUT2D eigenvalue weighted by atomic mass is 35.5. The Kier molecular flexibility index (Phi) is 4.86. The summed E-state index contributed by atoms with van der Waals surface area (Å²) in [5.41, 5.74) is 0.406. The third-order valence-electron chi connectivity index (χ3n) is 6.45. The number of carbonyl (C=O) groups excluding carboxylic acids is 2. The standard InChI is InChI=1S/C21H24ClN3O5/c22-15-3-4-16-17(9-15)30-20(28)24(16)11-19(27)23-7-5-18(26)25(10-14-1-2-14)21(12-23)6-8-29-13-21/h3-4,9,14H,1-2,5-8,10-13H2. The molecule has 9 heteroatoms. The summed E-state index contributed by atoms with van der Waals surface area (Å²) in [7, 11) is 0. The van der Waals surface area contributed by atoms with Gasteiger partial charge >= 0.3 is 5.76 Å². The lowest BCUT2D eigenvalue weighted by molar-refractivity contribution is -0.138. The van der Waals surface area contributed by atoms with Crippen LogP contribution in [-0.2, 0) is 20.9 Å². The Balaban J connectivity index is 1.40. The van der Waals surface area contributed by atoms with Gasteiger partial charge < -0.3 is 19.0 Å². The molecule has 1 saturated carbocycles. The van der Waals surface area contributed by atoms with Crippen LogP contribution in [0.5, 0.6) is 0 Å². The maximum Gasteiger partial charge on any atom is 0.420 e. The fourth-order valence-electron chi connectivity index (χ4n) is 4.58. The van der Waals surface area contributed by atoms with E-state index in [9.17, 15) is 14.4 Å². The Morgan fingerprint density at radius 1 is 1.27 bits per heavy atom. The van der Waals surface area contributed by atoms with E-state index in [1.54, 1.807) is 23.1 Å². The zero-order chi connectivity index (χ0) is 20.9. The lowest BCUT2D eigenvalue weighted by atomic mass is 9.95. The number of nitrogens with zero attached hydrogens (tertiary/aromatic N) is 3. The highest BCUT2D eigenvalue weighted by Gasteiger charge is 2.48. The quantitative estimate of drug-likeness (QED) is 0.735. The molecular formula is C21H24ClN3O5.